The van der Waals surface area contributed by atoms with Crippen LogP contribution in [0.4, 0.5) is 0 Å². The van der Waals surface area contributed by atoms with Crippen LogP contribution in [-0.4, -0.2) is 42.6 Å². The molecule has 3 rings (SSSR count). The lowest BCUT2D eigenvalue weighted by Crippen LogP contribution is -2.55. The molecule has 4 heteroatoms. The Balaban J connectivity index is 1.94. The Morgan fingerprint density at radius 2 is 2.25 bits per heavy atom. The number of nitrogens with one attached hydrogen (secondary N) is 1. The van der Waals surface area contributed by atoms with E-state index < -0.39 is 0 Å². The number of carbonyl (C=O) groups is 1. The third-order valence-electron chi connectivity index (χ3n) is 4.26. The van der Waals surface area contributed by atoms with Crippen molar-refractivity contribution in [1.29, 1.82) is 0 Å². The van der Waals surface area contributed by atoms with Crippen LogP contribution >= 0.6 is 0 Å². The van der Waals surface area contributed by atoms with E-state index in [0.29, 0.717) is 19.8 Å². The maximum atomic E-state index is 12.9. The van der Waals surface area contributed by atoms with Gasteiger partial charge in [0.05, 0.1) is 18.8 Å². The molecule has 1 aromatic rings. The van der Waals surface area contributed by atoms with Gasteiger partial charge in [0.15, 0.2) is 0 Å². The summed E-state index contributed by atoms with van der Waals surface area (Å²) < 4.78 is 5.51. The number of fused-ring (bicyclic) bond motifs is 1. The van der Waals surface area contributed by atoms with Gasteiger partial charge in [0, 0.05) is 18.7 Å². The summed E-state index contributed by atoms with van der Waals surface area (Å²) in [6.45, 7) is 7.86. The van der Waals surface area contributed by atoms with Crippen LogP contribution in [0.2, 0.25) is 0 Å². The normalized spacial score (nSPS) is 21.4. The standard InChI is InChI=1S/C16H22N2O2/c1-16(2)11-20-9-8-18(16)15(19)14-5-3-4-12-10-17-7-6-13(12)14/h3-5,17H,6-11H2,1-2H3. The second-order valence-electron chi connectivity index (χ2n) is 6.19. The molecule has 0 aromatic heterocycles. The van der Waals surface area contributed by atoms with E-state index in [1.54, 1.807) is 0 Å². The van der Waals surface area contributed by atoms with Crippen molar-refractivity contribution in [1.82, 2.24) is 10.2 Å². The van der Waals surface area contributed by atoms with Crippen LogP contribution in [0, 0.1) is 0 Å². The molecule has 1 fully saturated rings. The summed E-state index contributed by atoms with van der Waals surface area (Å²) in [6, 6.07) is 6.08. The van der Waals surface area contributed by atoms with Gasteiger partial charge in [-0.25, -0.2) is 0 Å². The molecule has 2 aliphatic heterocycles. The molecule has 0 spiro atoms. The fourth-order valence-corrected chi connectivity index (χ4v) is 3.11. The summed E-state index contributed by atoms with van der Waals surface area (Å²) in [6.07, 6.45) is 0.933. The van der Waals surface area contributed by atoms with Gasteiger partial charge in [-0.2, -0.15) is 0 Å². The number of hydrogen-bond donors (Lipinski definition) is 1. The highest BCUT2D eigenvalue weighted by atomic mass is 16.5. The average molecular weight is 274 g/mol. The highest BCUT2D eigenvalue weighted by Crippen LogP contribution is 2.25. The van der Waals surface area contributed by atoms with Crippen LogP contribution in [0.3, 0.4) is 0 Å². The zero-order chi connectivity index (χ0) is 14.2. The fraction of sp³-hybridized carbons (Fsp3) is 0.562. The van der Waals surface area contributed by atoms with Gasteiger partial charge in [-0.1, -0.05) is 12.1 Å². The second kappa shape index (κ2) is 5.19. The van der Waals surface area contributed by atoms with Crippen LogP contribution in [-0.2, 0) is 17.7 Å². The number of carbonyl (C=O) groups excluding carboxylic acids is 1. The number of ether oxygens (including phenoxy) is 1. The third-order valence-corrected chi connectivity index (χ3v) is 4.26. The predicted octanol–water partition coefficient (Wildman–Crippen LogP) is 1.58. The van der Waals surface area contributed by atoms with Gasteiger partial charge in [-0.05, 0) is 44.0 Å². The van der Waals surface area contributed by atoms with Crippen molar-refractivity contribution < 1.29 is 9.53 Å². The molecule has 1 saturated heterocycles. The predicted molar refractivity (Wildman–Crippen MR) is 77.8 cm³/mol. The van der Waals surface area contributed by atoms with Crippen LogP contribution in [0.5, 0.6) is 0 Å². The number of amides is 1. The number of morpholine rings is 1. The van der Waals surface area contributed by atoms with E-state index in [1.807, 2.05) is 17.0 Å². The number of nitrogens with zero attached hydrogens (tertiary/aromatic N) is 1. The summed E-state index contributed by atoms with van der Waals surface area (Å²) in [5.74, 6) is 0.150. The van der Waals surface area contributed by atoms with Gasteiger partial charge in [0.25, 0.3) is 5.91 Å². The van der Waals surface area contributed by atoms with Gasteiger partial charge in [-0.3, -0.25) is 4.79 Å². The van der Waals surface area contributed by atoms with Gasteiger partial charge in [0.1, 0.15) is 0 Å². The smallest absolute Gasteiger partial charge is 0.254 e. The first-order valence-electron chi connectivity index (χ1n) is 7.31. The van der Waals surface area contributed by atoms with Crippen LogP contribution in [0.25, 0.3) is 0 Å². The molecule has 0 radical (unpaired) electrons. The molecule has 2 heterocycles. The molecule has 20 heavy (non-hydrogen) atoms. The molecule has 0 bridgehead atoms. The van der Waals surface area contributed by atoms with Crippen molar-refractivity contribution >= 4 is 5.91 Å². The Labute approximate surface area is 120 Å². The molecule has 0 aliphatic carbocycles. The summed E-state index contributed by atoms with van der Waals surface area (Å²) in [5.41, 5.74) is 3.12. The Hall–Kier alpha value is -1.39. The molecular formula is C16H22N2O2. The van der Waals surface area contributed by atoms with Crippen molar-refractivity contribution in [3.8, 4) is 0 Å². The Kier molecular flexibility index (Phi) is 3.52. The van der Waals surface area contributed by atoms with Gasteiger partial charge in [-0.15, -0.1) is 0 Å². The van der Waals surface area contributed by atoms with Crippen LogP contribution < -0.4 is 5.32 Å². The monoisotopic (exact) mass is 274 g/mol. The minimum atomic E-state index is -0.231. The first kappa shape index (κ1) is 13.6. The van der Waals surface area contributed by atoms with E-state index in [0.717, 1.165) is 25.1 Å². The van der Waals surface area contributed by atoms with Crippen molar-refractivity contribution in [3.63, 3.8) is 0 Å². The van der Waals surface area contributed by atoms with E-state index in [2.05, 4.69) is 25.2 Å². The highest BCUT2D eigenvalue weighted by Gasteiger charge is 2.35. The first-order valence-corrected chi connectivity index (χ1v) is 7.31. The summed E-state index contributed by atoms with van der Waals surface area (Å²) in [7, 11) is 0. The maximum Gasteiger partial charge on any atom is 0.254 e. The second-order valence-corrected chi connectivity index (χ2v) is 6.19. The molecule has 1 N–H and O–H groups in total. The maximum absolute atomic E-state index is 12.9. The minimum absolute atomic E-state index is 0.150. The topological polar surface area (TPSA) is 41.6 Å². The van der Waals surface area contributed by atoms with E-state index in [1.165, 1.54) is 11.1 Å². The molecule has 2 aliphatic rings. The molecule has 108 valence electrons. The summed E-state index contributed by atoms with van der Waals surface area (Å²) in [5, 5.41) is 3.36. The average Bonchev–Trinajstić information content (AvgIpc) is 2.45. The number of rotatable bonds is 1. The largest absolute Gasteiger partial charge is 0.377 e. The molecule has 0 unspecified atom stereocenters. The number of hydrogen-bond acceptors (Lipinski definition) is 3. The van der Waals surface area contributed by atoms with Crippen LogP contribution in [0.1, 0.15) is 35.3 Å². The van der Waals surface area contributed by atoms with E-state index in [9.17, 15) is 4.79 Å². The van der Waals surface area contributed by atoms with Crippen molar-refractivity contribution in [2.75, 3.05) is 26.3 Å². The van der Waals surface area contributed by atoms with Crippen molar-refractivity contribution in [2.45, 2.75) is 32.4 Å². The lowest BCUT2D eigenvalue weighted by Gasteiger charge is -2.42. The molecule has 4 nitrogen and oxygen atoms in total. The zero-order valence-electron chi connectivity index (χ0n) is 12.2. The van der Waals surface area contributed by atoms with Crippen molar-refractivity contribution in [2.24, 2.45) is 0 Å². The van der Waals surface area contributed by atoms with Crippen molar-refractivity contribution in [3.05, 3.63) is 34.9 Å². The van der Waals surface area contributed by atoms with Gasteiger partial charge in [0.2, 0.25) is 0 Å². The van der Waals surface area contributed by atoms with E-state index >= 15 is 0 Å². The SMILES string of the molecule is CC1(C)COCCN1C(=O)c1cccc2c1CCNC2. The quantitative estimate of drug-likeness (QED) is 0.845. The van der Waals surface area contributed by atoms with Gasteiger partial charge < -0.3 is 15.0 Å². The van der Waals surface area contributed by atoms with E-state index in [-0.39, 0.29) is 11.4 Å². The molecule has 0 atom stereocenters. The molecule has 0 saturated carbocycles. The summed E-state index contributed by atoms with van der Waals surface area (Å²) >= 11 is 0. The van der Waals surface area contributed by atoms with Crippen LogP contribution in [0.15, 0.2) is 18.2 Å². The lowest BCUT2D eigenvalue weighted by atomic mass is 9.93. The molecular weight excluding hydrogens is 252 g/mol. The Morgan fingerprint density at radius 1 is 1.40 bits per heavy atom. The third kappa shape index (κ3) is 2.34. The highest BCUT2D eigenvalue weighted by molar-refractivity contribution is 5.96. The number of benzene rings is 1. The lowest BCUT2D eigenvalue weighted by molar-refractivity contribution is -0.0371. The molecule has 1 aromatic carbocycles. The minimum Gasteiger partial charge on any atom is -0.377 e. The Bertz CT molecular complexity index is 525. The Morgan fingerprint density at radius 3 is 3.05 bits per heavy atom. The zero-order valence-corrected chi connectivity index (χ0v) is 12.2. The fourth-order valence-electron chi connectivity index (χ4n) is 3.11. The van der Waals surface area contributed by atoms with Gasteiger partial charge >= 0.3 is 0 Å². The molecule has 1 amide bonds. The van der Waals surface area contributed by atoms with E-state index in [4.69, 9.17) is 4.74 Å². The summed E-state index contributed by atoms with van der Waals surface area (Å²) in [4.78, 5) is 14.9. The first-order chi connectivity index (χ1) is 9.59.